The molecule has 0 spiro atoms. The second-order valence-corrected chi connectivity index (χ2v) is 4.72. The molecule has 5 nitrogen and oxygen atoms in total. The maximum Gasteiger partial charge on any atom is 0.264 e. The van der Waals surface area contributed by atoms with Crippen LogP contribution in [0.3, 0.4) is 0 Å². The first-order valence-corrected chi connectivity index (χ1v) is 5.91. The summed E-state index contributed by atoms with van der Waals surface area (Å²) in [4.78, 5) is 7.63. The first-order chi connectivity index (χ1) is 6.37. The zero-order valence-electron chi connectivity index (χ0n) is 7.69. The van der Waals surface area contributed by atoms with Crippen LogP contribution in [0.1, 0.15) is 11.4 Å². The number of nitrogens with zero attached hydrogens (tertiary/aromatic N) is 2. The monoisotopic (exact) mass is 236 g/mol. The quantitative estimate of drug-likeness (QED) is 0.577. The molecule has 14 heavy (non-hydrogen) atoms. The van der Waals surface area contributed by atoms with E-state index >= 15 is 0 Å². The average molecular weight is 237 g/mol. The molecule has 7 heteroatoms. The highest BCUT2D eigenvalue weighted by Gasteiger charge is 2.05. The van der Waals surface area contributed by atoms with Crippen molar-refractivity contribution in [1.82, 2.24) is 9.97 Å². The third-order valence-corrected chi connectivity index (χ3v) is 2.02. The molecule has 0 aliphatic rings. The van der Waals surface area contributed by atoms with Crippen molar-refractivity contribution in [3.8, 4) is 0 Å². The second kappa shape index (κ2) is 4.20. The predicted octanol–water partition coefficient (Wildman–Crippen LogP) is 0.915. The summed E-state index contributed by atoms with van der Waals surface area (Å²) in [7, 11) is -3.45. The zero-order chi connectivity index (χ0) is 10.8. The van der Waals surface area contributed by atoms with Gasteiger partial charge in [0.1, 0.15) is 6.61 Å². The third kappa shape index (κ3) is 3.99. The molecule has 0 fully saturated rings. The molecule has 0 radical (unpaired) electrons. The van der Waals surface area contributed by atoms with Gasteiger partial charge >= 0.3 is 0 Å². The zero-order valence-corrected chi connectivity index (χ0v) is 9.26. The fourth-order valence-electron chi connectivity index (χ4n) is 0.836. The average Bonchev–Trinajstić information content (AvgIpc) is 1.97. The van der Waals surface area contributed by atoms with Crippen LogP contribution in [0, 0.1) is 6.92 Å². The molecule has 0 unspecified atom stereocenters. The maximum absolute atomic E-state index is 10.7. The Balaban J connectivity index is 2.78. The lowest BCUT2D eigenvalue weighted by Crippen LogP contribution is -2.04. The molecule has 0 atom stereocenters. The van der Waals surface area contributed by atoms with E-state index in [4.69, 9.17) is 11.6 Å². The highest BCUT2D eigenvalue weighted by atomic mass is 35.5. The van der Waals surface area contributed by atoms with Crippen LogP contribution in [0.5, 0.6) is 0 Å². The van der Waals surface area contributed by atoms with Crippen LogP contribution in [-0.2, 0) is 20.9 Å². The molecule has 78 valence electrons. The Bertz CT molecular complexity index is 412. The highest BCUT2D eigenvalue weighted by Crippen LogP contribution is 2.07. The van der Waals surface area contributed by atoms with E-state index in [0.29, 0.717) is 11.4 Å². The van der Waals surface area contributed by atoms with Gasteiger partial charge in [-0.1, -0.05) is 0 Å². The summed E-state index contributed by atoms with van der Waals surface area (Å²) in [6.45, 7) is 1.61. The molecule has 1 heterocycles. The number of aromatic nitrogens is 2. The minimum absolute atomic E-state index is 0.0806. The minimum atomic E-state index is -3.45. The topological polar surface area (TPSA) is 69.2 Å². The van der Waals surface area contributed by atoms with E-state index in [1.807, 2.05) is 0 Å². The van der Waals surface area contributed by atoms with E-state index in [-0.39, 0.29) is 11.9 Å². The van der Waals surface area contributed by atoms with E-state index in [2.05, 4.69) is 14.2 Å². The predicted molar refractivity (Wildman–Crippen MR) is 51.4 cm³/mol. The van der Waals surface area contributed by atoms with E-state index in [1.165, 1.54) is 0 Å². The molecular formula is C7H9ClN2O3S. The second-order valence-electron chi connectivity index (χ2n) is 2.74. The fraction of sp³-hybridized carbons (Fsp3) is 0.429. The minimum Gasteiger partial charge on any atom is -0.264 e. The van der Waals surface area contributed by atoms with Crippen molar-refractivity contribution in [1.29, 1.82) is 0 Å². The van der Waals surface area contributed by atoms with Gasteiger partial charge in [0.25, 0.3) is 10.1 Å². The molecule has 0 aliphatic carbocycles. The van der Waals surface area contributed by atoms with E-state index in [0.717, 1.165) is 6.26 Å². The van der Waals surface area contributed by atoms with Gasteiger partial charge in [-0.15, -0.1) is 0 Å². The summed E-state index contributed by atoms with van der Waals surface area (Å²) < 4.78 is 25.9. The van der Waals surface area contributed by atoms with Gasteiger partial charge in [0.15, 0.2) is 0 Å². The lowest BCUT2D eigenvalue weighted by molar-refractivity contribution is 0.307. The van der Waals surface area contributed by atoms with Gasteiger partial charge in [-0.2, -0.15) is 8.42 Å². The van der Waals surface area contributed by atoms with Crippen molar-refractivity contribution in [3.63, 3.8) is 0 Å². The standard InChI is InChI=1S/C7H9ClN2O3S/c1-5-3-6(10-7(8)9-5)4-13-14(2,11)12/h3H,4H2,1-2H3. The normalized spacial score (nSPS) is 11.6. The van der Waals surface area contributed by atoms with Gasteiger partial charge in [-0.05, 0) is 24.6 Å². The van der Waals surface area contributed by atoms with Crippen LogP contribution in [0.25, 0.3) is 0 Å². The summed E-state index contributed by atoms with van der Waals surface area (Å²) >= 11 is 5.57. The molecule has 0 amide bonds. The molecule has 1 rings (SSSR count). The van der Waals surface area contributed by atoms with Crippen LogP contribution in [0.4, 0.5) is 0 Å². The summed E-state index contributed by atoms with van der Waals surface area (Å²) in [6.07, 6.45) is 0.975. The Morgan fingerprint density at radius 2 is 2.14 bits per heavy atom. The summed E-state index contributed by atoms with van der Waals surface area (Å²) in [5.74, 6) is 0. The van der Waals surface area contributed by atoms with Crippen LogP contribution < -0.4 is 0 Å². The Labute approximate surface area is 87.2 Å². The maximum atomic E-state index is 10.7. The van der Waals surface area contributed by atoms with Gasteiger partial charge in [0.2, 0.25) is 5.28 Å². The van der Waals surface area contributed by atoms with Gasteiger partial charge in [0, 0.05) is 5.69 Å². The van der Waals surface area contributed by atoms with Gasteiger partial charge in [-0.25, -0.2) is 9.97 Å². The van der Waals surface area contributed by atoms with Crippen LogP contribution in [0.2, 0.25) is 5.28 Å². The van der Waals surface area contributed by atoms with Crippen molar-refractivity contribution in [3.05, 3.63) is 22.7 Å². The third-order valence-electron chi connectivity index (χ3n) is 1.30. The van der Waals surface area contributed by atoms with Crippen molar-refractivity contribution in [2.45, 2.75) is 13.5 Å². The van der Waals surface area contributed by atoms with E-state index < -0.39 is 10.1 Å². The number of hydrogen-bond acceptors (Lipinski definition) is 5. The molecule has 1 aromatic rings. The number of halogens is 1. The lowest BCUT2D eigenvalue weighted by atomic mass is 10.3. The van der Waals surface area contributed by atoms with Crippen LogP contribution >= 0.6 is 11.6 Å². The van der Waals surface area contributed by atoms with Crippen LogP contribution in [-0.4, -0.2) is 24.6 Å². The molecule has 0 aliphatic heterocycles. The summed E-state index contributed by atoms with van der Waals surface area (Å²) in [5.41, 5.74) is 1.10. The highest BCUT2D eigenvalue weighted by molar-refractivity contribution is 7.85. The van der Waals surface area contributed by atoms with Crippen molar-refractivity contribution >= 4 is 21.7 Å². The van der Waals surface area contributed by atoms with Gasteiger partial charge in [-0.3, -0.25) is 4.18 Å². The first-order valence-electron chi connectivity index (χ1n) is 3.71. The largest absolute Gasteiger partial charge is 0.264 e. The van der Waals surface area contributed by atoms with E-state index in [1.54, 1.807) is 13.0 Å². The molecule has 0 saturated heterocycles. The summed E-state index contributed by atoms with van der Waals surface area (Å²) in [6, 6.07) is 1.61. The number of rotatable bonds is 3. The molecule has 0 N–H and O–H groups in total. The van der Waals surface area contributed by atoms with E-state index in [9.17, 15) is 8.42 Å². The Morgan fingerprint density at radius 1 is 1.50 bits per heavy atom. The Kier molecular flexibility index (Phi) is 3.41. The fourth-order valence-corrected chi connectivity index (χ4v) is 1.41. The number of hydrogen-bond donors (Lipinski definition) is 0. The lowest BCUT2D eigenvalue weighted by Gasteiger charge is -2.01. The van der Waals surface area contributed by atoms with Gasteiger partial charge in [0.05, 0.1) is 11.9 Å². The molecule has 0 aromatic carbocycles. The van der Waals surface area contributed by atoms with Crippen LogP contribution in [0.15, 0.2) is 6.07 Å². The van der Waals surface area contributed by atoms with Crippen molar-refractivity contribution in [2.24, 2.45) is 0 Å². The van der Waals surface area contributed by atoms with Crippen molar-refractivity contribution < 1.29 is 12.6 Å². The van der Waals surface area contributed by atoms with Gasteiger partial charge < -0.3 is 0 Å². The molecular weight excluding hydrogens is 228 g/mol. The molecule has 0 saturated carbocycles. The Hall–Kier alpha value is -0.720. The molecule has 0 bridgehead atoms. The molecule has 1 aromatic heterocycles. The number of aryl methyl sites for hydroxylation is 1. The SMILES string of the molecule is Cc1cc(COS(C)(=O)=O)nc(Cl)n1. The van der Waals surface area contributed by atoms with Crippen molar-refractivity contribution in [2.75, 3.05) is 6.26 Å². The smallest absolute Gasteiger partial charge is 0.264 e. The summed E-state index contributed by atoms with van der Waals surface area (Å²) in [5, 5.41) is 0.0806. The Morgan fingerprint density at radius 3 is 2.64 bits per heavy atom. The first kappa shape index (κ1) is 11.4.